The molecular weight excluding hydrogens is 286 g/mol. The summed E-state index contributed by atoms with van der Waals surface area (Å²) in [6.07, 6.45) is 0. The lowest BCUT2D eigenvalue weighted by atomic mass is 10.0. The molecule has 6 heteroatoms. The Hall–Kier alpha value is -1.42. The van der Waals surface area contributed by atoms with Crippen molar-refractivity contribution in [2.45, 2.75) is 4.90 Å². The van der Waals surface area contributed by atoms with Crippen molar-refractivity contribution in [1.82, 2.24) is 10.2 Å². The highest BCUT2D eigenvalue weighted by Gasteiger charge is 2.36. The Balaban J connectivity index is 1.63. The summed E-state index contributed by atoms with van der Waals surface area (Å²) < 4.78 is 24.7. The number of nitrogens with one attached hydrogen (secondary N) is 1. The summed E-state index contributed by atoms with van der Waals surface area (Å²) in [5, 5.41) is 12.2. The monoisotopic (exact) mass is 305 g/mol. The van der Waals surface area contributed by atoms with E-state index in [9.17, 15) is 8.42 Å². The molecule has 0 bridgehead atoms. The predicted molar refractivity (Wildman–Crippen MR) is 79.5 cm³/mol. The van der Waals surface area contributed by atoms with Gasteiger partial charge >= 0.3 is 0 Å². The minimum Gasteiger partial charge on any atom is -0.316 e. The zero-order valence-corrected chi connectivity index (χ0v) is 12.6. The van der Waals surface area contributed by atoms with Crippen molar-refractivity contribution >= 4 is 9.84 Å². The topological polar surface area (TPSA) is 73.2 Å². The molecule has 2 aliphatic rings. The second-order valence-electron chi connectivity index (χ2n) is 5.90. The first-order valence-electron chi connectivity index (χ1n) is 7.24. The highest BCUT2D eigenvalue weighted by molar-refractivity contribution is 7.91. The molecule has 0 saturated carbocycles. The van der Waals surface area contributed by atoms with Gasteiger partial charge < -0.3 is 10.2 Å². The van der Waals surface area contributed by atoms with Gasteiger partial charge in [-0.2, -0.15) is 5.26 Å². The highest BCUT2D eigenvalue weighted by Crippen LogP contribution is 2.26. The average molecular weight is 305 g/mol. The Bertz CT molecular complexity index is 654. The van der Waals surface area contributed by atoms with Crippen molar-refractivity contribution in [2.24, 2.45) is 11.8 Å². The molecule has 112 valence electrons. The number of hydrogen-bond donors (Lipinski definition) is 1. The third kappa shape index (κ3) is 3.10. The molecule has 2 atom stereocenters. The zero-order valence-electron chi connectivity index (χ0n) is 11.8. The van der Waals surface area contributed by atoms with Crippen LogP contribution in [0.1, 0.15) is 5.56 Å². The molecule has 1 aromatic rings. The summed E-state index contributed by atoms with van der Waals surface area (Å²) in [4.78, 5) is 2.50. The SMILES string of the molecule is N#Cc1cccc(S(=O)(=O)CCN2C[C@H]3CNC[C@H]3C2)c1. The summed E-state index contributed by atoms with van der Waals surface area (Å²) in [5.74, 6) is 1.47. The molecule has 0 spiro atoms. The maximum absolute atomic E-state index is 12.4. The molecule has 3 rings (SSSR count). The Morgan fingerprint density at radius 1 is 1.29 bits per heavy atom. The van der Waals surface area contributed by atoms with Gasteiger partial charge in [0.2, 0.25) is 0 Å². The molecule has 5 nitrogen and oxygen atoms in total. The van der Waals surface area contributed by atoms with Gasteiger partial charge in [-0.3, -0.25) is 0 Å². The molecule has 2 heterocycles. The van der Waals surface area contributed by atoms with Crippen LogP contribution in [0, 0.1) is 23.2 Å². The van der Waals surface area contributed by atoms with Crippen LogP contribution in [0.25, 0.3) is 0 Å². The molecule has 1 aromatic carbocycles. The van der Waals surface area contributed by atoms with E-state index in [1.54, 1.807) is 18.2 Å². The maximum Gasteiger partial charge on any atom is 0.179 e. The fourth-order valence-electron chi connectivity index (χ4n) is 3.26. The number of hydrogen-bond acceptors (Lipinski definition) is 5. The van der Waals surface area contributed by atoms with Gasteiger partial charge in [-0.25, -0.2) is 8.42 Å². The van der Waals surface area contributed by atoms with Crippen LogP contribution in [-0.2, 0) is 9.84 Å². The molecule has 2 saturated heterocycles. The molecular formula is C15H19N3O2S. The van der Waals surface area contributed by atoms with Crippen molar-refractivity contribution < 1.29 is 8.42 Å². The van der Waals surface area contributed by atoms with Crippen LogP contribution in [-0.4, -0.2) is 51.8 Å². The van der Waals surface area contributed by atoms with Crippen molar-refractivity contribution in [2.75, 3.05) is 38.5 Å². The summed E-state index contributed by atoms with van der Waals surface area (Å²) in [6, 6.07) is 8.25. The van der Waals surface area contributed by atoms with E-state index < -0.39 is 9.84 Å². The molecule has 2 aliphatic heterocycles. The first-order valence-corrected chi connectivity index (χ1v) is 8.90. The quantitative estimate of drug-likeness (QED) is 0.876. The first kappa shape index (κ1) is 14.5. The molecule has 0 radical (unpaired) electrons. The standard InChI is InChI=1S/C15H19N3O2S/c16-7-12-2-1-3-15(6-12)21(19,20)5-4-18-10-13-8-17-9-14(13)11-18/h1-3,6,13-14,17H,4-5,8-11H2/t13-,14+. The maximum atomic E-state index is 12.4. The van der Waals surface area contributed by atoms with Crippen molar-refractivity contribution in [3.63, 3.8) is 0 Å². The van der Waals surface area contributed by atoms with Crippen LogP contribution in [0.15, 0.2) is 29.2 Å². The third-order valence-corrected chi connectivity index (χ3v) is 6.16. The van der Waals surface area contributed by atoms with Gasteiger partial charge in [0.1, 0.15) is 0 Å². The van der Waals surface area contributed by atoms with Gasteiger partial charge in [-0.1, -0.05) is 6.07 Å². The molecule has 2 fully saturated rings. The van der Waals surface area contributed by atoms with Crippen LogP contribution in [0.5, 0.6) is 0 Å². The summed E-state index contributed by atoms with van der Waals surface area (Å²) in [6.45, 7) is 4.67. The van der Waals surface area contributed by atoms with Gasteiger partial charge in [-0.15, -0.1) is 0 Å². The van der Waals surface area contributed by atoms with Crippen LogP contribution >= 0.6 is 0 Å². The van der Waals surface area contributed by atoms with Crippen molar-refractivity contribution in [3.05, 3.63) is 29.8 Å². The van der Waals surface area contributed by atoms with E-state index in [0.29, 0.717) is 23.9 Å². The fraction of sp³-hybridized carbons (Fsp3) is 0.533. The highest BCUT2D eigenvalue weighted by atomic mass is 32.2. The normalized spacial score (nSPS) is 25.7. The number of nitrogens with zero attached hydrogens (tertiary/aromatic N) is 2. The lowest BCUT2D eigenvalue weighted by molar-refractivity contribution is 0.331. The fourth-order valence-corrected chi connectivity index (χ4v) is 4.59. The second kappa shape index (κ2) is 5.76. The van der Waals surface area contributed by atoms with Gasteiger partial charge in [0.15, 0.2) is 9.84 Å². The Morgan fingerprint density at radius 3 is 2.67 bits per heavy atom. The van der Waals surface area contributed by atoms with E-state index in [-0.39, 0.29) is 10.6 Å². The smallest absolute Gasteiger partial charge is 0.179 e. The van der Waals surface area contributed by atoms with E-state index in [4.69, 9.17) is 5.26 Å². The van der Waals surface area contributed by atoms with Gasteiger partial charge in [0, 0.05) is 19.6 Å². The minimum absolute atomic E-state index is 0.120. The average Bonchev–Trinajstić information content (AvgIpc) is 3.06. The van der Waals surface area contributed by atoms with Gasteiger partial charge in [0.05, 0.1) is 22.3 Å². The van der Waals surface area contributed by atoms with Crippen molar-refractivity contribution in [1.29, 1.82) is 5.26 Å². The van der Waals surface area contributed by atoms with Crippen LogP contribution < -0.4 is 5.32 Å². The Morgan fingerprint density at radius 2 is 2.00 bits per heavy atom. The molecule has 0 unspecified atom stereocenters. The van der Waals surface area contributed by atoms with Crippen molar-refractivity contribution in [3.8, 4) is 6.07 Å². The summed E-state index contributed by atoms with van der Waals surface area (Å²) in [5.41, 5.74) is 0.387. The molecule has 0 aliphatic carbocycles. The third-order valence-electron chi connectivity index (χ3n) is 4.46. The number of nitriles is 1. The van der Waals surface area contributed by atoms with E-state index in [0.717, 1.165) is 26.2 Å². The number of likely N-dealkylation sites (tertiary alicyclic amines) is 1. The van der Waals surface area contributed by atoms with E-state index >= 15 is 0 Å². The van der Waals surface area contributed by atoms with E-state index in [1.165, 1.54) is 6.07 Å². The Kier molecular flexibility index (Phi) is 3.98. The molecule has 0 aromatic heterocycles. The molecule has 0 amide bonds. The minimum atomic E-state index is -3.31. The first-order chi connectivity index (χ1) is 10.1. The molecule has 1 N–H and O–H groups in total. The second-order valence-corrected chi connectivity index (χ2v) is 8.01. The zero-order chi connectivity index (χ0) is 14.9. The predicted octanol–water partition coefficient (Wildman–Crippen LogP) is 0.483. The lowest BCUT2D eigenvalue weighted by Crippen LogP contribution is -2.30. The lowest BCUT2D eigenvalue weighted by Gasteiger charge is -2.16. The van der Waals surface area contributed by atoms with Crippen LogP contribution in [0.4, 0.5) is 0 Å². The summed E-state index contributed by atoms with van der Waals surface area (Å²) >= 11 is 0. The van der Waals surface area contributed by atoms with Gasteiger partial charge in [0.25, 0.3) is 0 Å². The van der Waals surface area contributed by atoms with E-state index in [2.05, 4.69) is 10.2 Å². The van der Waals surface area contributed by atoms with Gasteiger partial charge in [-0.05, 0) is 43.1 Å². The Labute approximate surface area is 125 Å². The summed E-state index contributed by atoms with van der Waals surface area (Å²) in [7, 11) is -3.31. The van der Waals surface area contributed by atoms with Crippen LogP contribution in [0.3, 0.4) is 0 Å². The van der Waals surface area contributed by atoms with Crippen LogP contribution in [0.2, 0.25) is 0 Å². The molecule has 21 heavy (non-hydrogen) atoms. The number of benzene rings is 1. The van der Waals surface area contributed by atoms with E-state index in [1.807, 2.05) is 6.07 Å². The number of sulfone groups is 1. The number of fused-ring (bicyclic) bond motifs is 1. The largest absolute Gasteiger partial charge is 0.316 e. The number of rotatable bonds is 4.